The molecule has 4 aromatic heterocycles. The molecule has 0 spiro atoms. The second-order valence-corrected chi connectivity index (χ2v) is 12.0. The summed E-state index contributed by atoms with van der Waals surface area (Å²) in [5.74, 6) is -1.34. The van der Waals surface area contributed by atoms with E-state index in [1.54, 1.807) is 24.5 Å². The van der Waals surface area contributed by atoms with Crippen LogP contribution in [0.3, 0.4) is 0 Å². The van der Waals surface area contributed by atoms with E-state index in [4.69, 9.17) is 4.42 Å². The number of pyridine rings is 1. The lowest BCUT2D eigenvalue weighted by atomic mass is 10.0. The minimum Gasteiger partial charge on any atom is -0.476 e. The molecule has 4 heterocycles. The number of nitrogens with zero attached hydrogens (tertiary/aromatic N) is 4. The topological polar surface area (TPSA) is 144 Å². The Balaban J connectivity index is 0.000000650. The summed E-state index contributed by atoms with van der Waals surface area (Å²) in [5, 5.41) is 17.2. The van der Waals surface area contributed by atoms with Crippen molar-refractivity contribution in [2.45, 2.75) is 58.5 Å². The summed E-state index contributed by atoms with van der Waals surface area (Å²) in [6.45, 7) is 5.44. The van der Waals surface area contributed by atoms with E-state index >= 15 is 0 Å². The van der Waals surface area contributed by atoms with Gasteiger partial charge in [0.15, 0.2) is 5.69 Å². The van der Waals surface area contributed by atoms with Gasteiger partial charge in [-0.1, -0.05) is 56.4 Å². The number of carbonyl (C=O) groups is 3. The highest BCUT2D eigenvalue weighted by atomic mass is 16.4. The third-order valence-corrected chi connectivity index (χ3v) is 7.91. The Kier molecular flexibility index (Phi) is 10.3. The molecule has 47 heavy (non-hydrogen) atoms. The fraction of sp³-hybridized carbons (Fsp3) is 0.306. The van der Waals surface area contributed by atoms with Gasteiger partial charge in [0.1, 0.15) is 23.5 Å². The monoisotopic (exact) mass is 636 g/mol. The second kappa shape index (κ2) is 14.8. The van der Waals surface area contributed by atoms with E-state index in [9.17, 15) is 19.5 Å². The van der Waals surface area contributed by atoms with E-state index in [2.05, 4.69) is 44.9 Å². The summed E-state index contributed by atoms with van der Waals surface area (Å²) in [6, 6.07) is 11.1. The number of benzene rings is 1. The number of carbonyl (C=O) groups excluding carboxylic acids is 2. The fourth-order valence-corrected chi connectivity index (χ4v) is 5.64. The standard InChI is InChI=1S/C30H32N6O5.C6H8/c1-17(2)14-22(33-30(40)36-13-11-19-8-7-12-31-26(19)36)27(37)32-23(28-34-25(29(38)39)18(3)41-28)15-20-16-35(4)24-10-6-5-9-21(20)24;1-2-4-6-5-3-1/h5-13,16-17,22-23H,14-15H2,1-4H3,(H,32,37)(H,33,40)(H,38,39);1-4H,5-6H2/t22-,23+;/m0./s1. The summed E-state index contributed by atoms with van der Waals surface area (Å²) < 4.78 is 9.13. The van der Waals surface area contributed by atoms with Crippen LogP contribution in [0.2, 0.25) is 0 Å². The molecular weight excluding hydrogens is 596 g/mol. The Labute approximate surface area is 273 Å². The SMILES string of the molecule is C1=CCCC=C1.Cc1oc([C@@H](Cc2cn(C)c3ccccc23)NC(=O)[C@H](CC(C)C)NC(=O)n2ccc3cccnc32)nc1C(=O)O. The number of carboxylic acids is 1. The summed E-state index contributed by atoms with van der Waals surface area (Å²) in [5.41, 5.74) is 2.21. The molecule has 0 saturated carbocycles. The molecule has 2 amide bonds. The number of aromatic nitrogens is 4. The molecule has 3 N–H and O–H groups in total. The first-order chi connectivity index (χ1) is 22.6. The number of aryl methyl sites for hydroxylation is 2. The Bertz CT molecular complexity index is 1930. The predicted octanol–water partition coefficient (Wildman–Crippen LogP) is 6.49. The van der Waals surface area contributed by atoms with Crippen LogP contribution in [-0.2, 0) is 18.3 Å². The number of allylic oxidation sites excluding steroid dienone is 4. The molecular formula is C36H40N6O5. The maximum atomic E-state index is 13.8. The minimum absolute atomic E-state index is 0.0800. The Hall–Kier alpha value is -5.45. The van der Waals surface area contributed by atoms with E-state index in [0.29, 0.717) is 18.5 Å². The Morgan fingerprint density at radius 1 is 1.02 bits per heavy atom. The second-order valence-electron chi connectivity index (χ2n) is 12.0. The lowest BCUT2D eigenvalue weighted by Crippen LogP contribution is -2.49. The highest BCUT2D eigenvalue weighted by molar-refractivity contribution is 5.93. The number of oxazole rings is 1. The van der Waals surface area contributed by atoms with Gasteiger partial charge >= 0.3 is 12.0 Å². The molecule has 0 radical (unpaired) electrons. The molecule has 0 saturated heterocycles. The van der Waals surface area contributed by atoms with Crippen LogP contribution in [0.25, 0.3) is 21.9 Å². The number of nitrogens with one attached hydrogen (secondary N) is 2. The number of rotatable bonds is 9. The Morgan fingerprint density at radius 2 is 1.77 bits per heavy atom. The first-order valence-electron chi connectivity index (χ1n) is 15.7. The zero-order chi connectivity index (χ0) is 33.5. The van der Waals surface area contributed by atoms with Gasteiger partial charge in [-0.2, -0.15) is 0 Å². The highest BCUT2D eigenvalue weighted by Crippen LogP contribution is 2.27. The van der Waals surface area contributed by atoms with Crippen LogP contribution in [0.5, 0.6) is 0 Å². The molecule has 1 aromatic carbocycles. The van der Waals surface area contributed by atoms with E-state index in [0.717, 1.165) is 21.9 Å². The maximum absolute atomic E-state index is 13.8. The third-order valence-electron chi connectivity index (χ3n) is 7.91. The molecule has 11 nitrogen and oxygen atoms in total. The number of hydrogen-bond donors (Lipinski definition) is 3. The first kappa shape index (κ1) is 32.9. The number of amides is 2. The molecule has 244 valence electrons. The van der Waals surface area contributed by atoms with E-state index < -0.39 is 30.0 Å². The van der Waals surface area contributed by atoms with Crippen molar-refractivity contribution in [3.8, 4) is 0 Å². The number of hydrogen-bond acceptors (Lipinski definition) is 6. The lowest BCUT2D eigenvalue weighted by molar-refractivity contribution is -0.124. The molecule has 0 bridgehead atoms. The smallest absolute Gasteiger partial charge is 0.358 e. The van der Waals surface area contributed by atoms with Gasteiger partial charge in [-0.3, -0.25) is 9.36 Å². The van der Waals surface area contributed by atoms with Crippen molar-refractivity contribution in [1.29, 1.82) is 0 Å². The number of fused-ring (bicyclic) bond motifs is 2. The average molecular weight is 637 g/mol. The highest BCUT2D eigenvalue weighted by Gasteiger charge is 2.30. The fourth-order valence-electron chi connectivity index (χ4n) is 5.64. The van der Waals surface area contributed by atoms with Crippen LogP contribution < -0.4 is 10.6 Å². The van der Waals surface area contributed by atoms with Crippen molar-refractivity contribution >= 4 is 39.8 Å². The van der Waals surface area contributed by atoms with Crippen LogP contribution in [0.4, 0.5) is 4.79 Å². The zero-order valence-electron chi connectivity index (χ0n) is 27.0. The predicted molar refractivity (Wildman–Crippen MR) is 180 cm³/mol. The summed E-state index contributed by atoms with van der Waals surface area (Å²) in [7, 11) is 1.94. The molecule has 0 aliphatic heterocycles. The van der Waals surface area contributed by atoms with Crippen molar-refractivity contribution < 1.29 is 23.9 Å². The van der Waals surface area contributed by atoms with Crippen molar-refractivity contribution in [3.05, 3.63) is 108 Å². The summed E-state index contributed by atoms with van der Waals surface area (Å²) in [4.78, 5) is 47.3. The van der Waals surface area contributed by atoms with Crippen molar-refractivity contribution in [1.82, 2.24) is 29.7 Å². The maximum Gasteiger partial charge on any atom is 0.358 e. The van der Waals surface area contributed by atoms with Crippen LogP contribution in [-0.4, -0.2) is 48.2 Å². The van der Waals surface area contributed by atoms with Crippen LogP contribution >= 0.6 is 0 Å². The third kappa shape index (κ3) is 7.86. The molecule has 6 rings (SSSR count). The van der Waals surface area contributed by atoms with Crippen molar-refractivity contribution in [2.75, 3.05) is 0 Å². The van der Waals surface area contributed by atoms with Gasteiger partial charge in [-0.15, -0.1) is 0 Å². The van der Waals surface area contributed by atoms with Crippen LogP contribution in [0.15, 0.2) is 89.8 Å². The first-order valence-corrected chi connectivity index (χ1v) is 15.7. The van der Waals surface area contributed by atoms with Gasteiger partial charge in [0.2, 0.25) is 11.8 Å². The van der Waals surface area contributed by atoms with Gasteiger partial charge < -0.3 is 24.7 Å². The van der Waals surface area contributed by atoms with Gasteiger partial charge in [0.05, 0.1) is 0 Å². The molecule has 5 aromatic rings. The largest absolute Gasteiger partial charge is 0.476 e. The molecule has 0 fully saturated rings. The molecule has 0 unspecified atom stereocenters. The molecule has 1 aliphatic carbocycles. The summed E-state index contributed by atoms with van der Waals surface area (Å²) >= 11 is 0. The number of carboxylic acid groups (broad SMARTS) is 1. The lowest BCUT2D eigenvalue weighted by Gasteiger charge is -2.23. The van der Waals surface area contributed by atoms with Gasteiger partial charge in [-0.05, 0) is 61.9 Å². The van der Waals surface area contributed by atoms with E-state index in [-0.39, 0.29) is 23.3 Å². The number of aromatic carboxylic acids is 1. The van der Waals surface area contributed by atoms with Crippen LogP contribution in [0, 0.1) is 12.8 Å². The van der Waals surface area contributed by atoms with Gasteiger partial charge in [0.25, 0.3) is 0 Å². The quantitative estimate of drug-likeness (QED) is 0.168. The van der Waals surface area contributed by atoms with Crippen molar-refractivity contribution in [3.63, 3.8) is 0 Å². The van der Waals surface area contributed by atoms with Gasteiger partial charge in [0, 0.05) is 48.3 Å². The molecule has 1 aliphatic rings. The molecule has 2 atom stereocenters. The number of para-hydroxylation sites is 1. The average Bonchev–Trinajstić information content (AvgIpc) is 3.76. The normalized spacial score (nSPS) is 13.7. The Morgan fingerprint density at radius 3 is 2.43 bits per heavy atom. The van der Waals surface area contributed by atoms with E-state index in [1.165, 1.54) is 24.3 Å². The summed E-state index contributed by atoms with van der Waals surface area (Å²) in [6.07, 6.45) is 16.8. The molecule has 11 heteroatoms. The minimum atomic E-state index is -1.22. The van der Waals surface area contributed by atoms with Gasteiger partial charge in [-0.25, -0.2) is 19.6 Å². The van der Waals surface area contributed by atoms with Crippen molar-refractivity contribution in [2.24, 2.45) is 13.0 Å². The van der Waals surface area contributed by atoms with E-state index in [1.807, 2.05) is 62.0 Å². The van der Waals surface area contributed by atoms with Crippen LogP contribution in [0.1, 0.15) is 66.9 Å². The zero-order valence-corrected chi connectivity index (χ0v) is 27.0.